The van der Waals surface area contributed by atoms with Crippen LogP contribution in [0, 0.1) is 17.2 Å². The Kier molecular flexibility index (Phi) is 5.32. The average molecular weight is 458 g/mol. The van der Waals surface area contributed by atoms with Crippen molar-refractivity contribution in [2.24, 2.45) is 11.7 Å². The van der Waals surface area contributed by atoms with Gasteiger partial charge in [0, 0.05) is 28.7 Å². The minimum atomic E-state index is -0.415. The van der Waals surface area contributed by atoms with Crippen LogP contribution in [0.1, 0.15) is 23.1 Å². The maximum absolute atomic E-state index is 9.90. The predicted octanol–water partition coefficient (Wildman–Crippen LogP) is 2.46. The molecule has 2 aliphatic rings. The molecule has 4 atom stereocenters. The second kappa shape index (κ2) is 7.91. The molecule has 2 aliphatic heterocycles. The molecule has 9 heteroatoms. The summed E-state index contributed by atoms with van der Waals surface area (Å²) < 4.78 is 17.5. The van der Waals surface area contributed by atoms with Crippen LogP contribution < -0.4 is 26.1 Å². The Hall–Kier alpha value is -2.80. The van der Waals surface area contributed by atoms with Crippen molar-refractivity contribution in [2.75, 3.05) is 14.2 Å². The lowest BCUT2D eigenvalue weighted by molar-refractivity contribution is 0.0339. The Morgan fingerprint density at radius 3 is 2.66 bits per heavy atom. The summed E-state index contributed by atoms with van der Waals surface area (Å²) >= 11 is 3.63. The van der Waals surface area contributed by atoms with E-state index in [2.05, 4.69) is 37.8 Å². The van der Waals surface area contributed by atoms with E-state index in [0.29, 0.717) is 17.1 Å². The van der Waals surface area contributed by atoms with Crippen molar-refractivity contribution in [1.29, 1.82) is 5.26 Å². The van der Waals surface area contributed by atoms with E-state index in [-0.39, 0.29) is 23.8 Å². The van der Waals surface area contributed by atoms with Gasteiger partial charge in [-0.25, -0.2) is 10.9 Å². The van der Waals surface area contributed by atoms with Crippen LogP contribution in [0.3, 0.4) is 0 Å². The fourth-order valence-electron chi connectivity index (χ4n) is 4.02. The van der Waals surface area contributed by atoms with Crippen LogP contribution in [0.2, 0.25) is 0 Å². The predicted molar refractivity (Wildman–Crippen MR) is 108 cm³/mol. The van der Waals surface area contributed by atoms with Gasteiger partial charge in [0.15, 0.2) is 17.7 Å². The number of benzene rings is 1. The Labute approximate surface area is 176 Å². The molecule has 4 unspecified atom stereocenters. The maximum atomic E-state index is 9.90. The van der Waals surface area contributed by atoms with Crippen molar-refractivity contribution in [1.82, 2.24) is 15.8 Å². The summed E-state index contributed by atoms with van der Waals surface area (Å²) in [5, 5.41) is 9.90. The summed E-state index contributed by atoms with van der Waals surface area (Å²) in [5.74, 6) is 0.771. The van der Waals surface area contributed by atoms with Gasteiger partial charge in [-0.3, -0.25) is 4.98 Å². The number of hydrazine groups is 1. The zero-order valence-electron chi connectivity index (χ0n) is 15.8. The van der Waals surface area contributed by atoms with Gasteiger partial charge in [0.1, 0.15) is 6.07 Å². The summed E-state index contributed by atoms with van der Waals surface area (Å²) in [6.45, 7) is 0. The van der Waals surface area contributed by atoms with Crippen LogP contribution in [-0.4, -0.2) is 25.4 Å². The summed E-state index contributed by atoms with van der Waals surface area (Å²) in [6, 6.07) is 9.68. The molecule has 4 N–H and O–H groups in total. The Morgan fingerprint density at radius 2 is 2.00 bits per heavy atom. The molecule has 0 radical (unpaired) electrons. The highest BCUT2D eigenvalue weighted by Gasteiger charge is 2.49. The number of nitriles is 1. The number of aromatic nitrogens is 1. The quantitative estimate of drug-likeness (QED) is 0.641. The molecule has 0 aliphatic carbocycles. The van der Waals surface area contributed by atoms with Gasteiger partial charge in [-0.1, -0.05) is 22.0 Å². The molecular weight excluding hydrogens is 438 g/mol. The number of hydrogen-bond donors (Lipinski definition) is 3. The molecule has 150 valence electrons. The topological polar surface area (TPSA) is 114 Å². The van der Waals surface area contributed by atoms with Crippen LogP contribution in [0.25, 0.3) is 0 Å². The Morgan fingerprint density at radius 1 is 1.24 bits per heavy atom. The lowest BCUT2D eigenvalue weighted by Gasteiger charge is -2.36. The second-order valence-electron chi connectivity index (χ2n) is 6.76. The number of nitrogens with one attached hydrogen (secondary N) is 2. The van der Waals surface area contributed by atoms with Gasteiger partial charge in [-0.2, -0.15) is 5.26 Å². The van der Waals surface area contributed by atoms with Gasteiger partial charge >= 0.3 is 0 Å². The number of rotatable bonds is 4. The summed E-state index contributed by atoms with van der Waals surface area (Å²) in [5.41, 5.74) is 14.8. The normalized spacial score (nSPS) is 25.7. The van der Waals surface area contributed by atoms with E-state index >= 15 is 0 Å². The maximum Gasteiger partial charge on any atom is 0.200 e. The SMILES string of the molecule is COc1cc(Br)c(C2C(C#N)=C(N)OC3NNC(c4cccnc4)C32)cc1OC. The van der Waals surface area contributed by atoms with Gasteiger partial charge < -0.3 is 19.9 Å². The summed E-state index contributed by atoms with van der Waals surface area (Å²) in [7, 11) is 3.16. The number of pyridine rings is 1. The number of nitrogens with zero attached hydrogens (tertiary/aromatic N) is 2. The van der Waals surface area contributed by atoms with E-state index in [4.69, 9.17) is 19.9 Å². The third-order valence-electron chi connectivity index (χ3n) is 5.33. The summed E-state index contributed by atoms with van der Waals surface area (Å²) in [4.78, 5) is 4.23. The number of halogens is 1. The zero-order chi connectivity index (χ0) is 20.5. The first-order valence-electron chi connectivity index (χ1n) is 8.97. The minimum Gasteiger partial charge on any atom is -0.493 e. The van der Waals surface area contributed by atoms with Crippen molar-refractivity contribution in [2.45, 2.75) is 18.2 Å². The molecule has 2 aromatic rings. The molecule has 1 aromatic heterocycles. The van der Waals surface area contributed by atoms with Gasteiger partial charge in [0.05, 0.1) is 25.8 Å². The number of ether oxygens (including phenoxy) is 3. The van der Waals surface area contributed by atoms with Crippen LogP contribution in [0.15, 0.2) is 52.6 Å². The number of hydrogen-bond acceptors (Lipinski definition) is 8. The first kappa shape index (κ1) is 19.5. The molecule has 0 amide bonds. The molecule has 0 saturated carbocycles. The van der Waals surface area contributed by atoms with Crippen LogP contribution in [-0.2, 0) is 4.74 Å². The van der Waals surface area contributed by atoms with Crippen LogP contribution >= 0.6 is 15.9 Å². The van der Waals surface area contributed by atoms with E-state index in [1.165, 1.54) is 0 Å². The highest BCUT2D eigenvalue weighted by atomic mass is 79.9. The molecule has 1 aromatic carbocycles. The molecule has 0 bridgehead atoms. The third-order valence-corrected chi connectivity index (χ3v) is 6.02. The lowest BCUT2D eigenvalue weighted by Crippen LogP contribution is -2.41. The molecule has 0 spiro atoms. The van der Waals surface area contributed by atoms with E-state index in [9.17, 15) is 5.26 Å². The van der Waals surface area contributed by atoms with Gasteiger partial charge in [-0.15, -0.1) is 0 Å². The summed E-state index contributed by atoms with van der Waals surface area (Å²) in [6.07, 6.45) is 3.11. The van der Waals surface area contributed by atoms with Crippen molar-refractivity contribution in [3.63, 3.8) is 0 Å². The standard InChI is InChI=1S/C20H20BrN5O3/c1-27-14-6-11(13(21)7-15(14)28-2)16-12(8-22)19(23)29-20-17(16)18(25-26-20)10-4-3-5-24-9-10/h3-7,9,16-18,20,25-26H,23H2,1-2H3. The lowest BCUT2D eigenvalue weighted by atomic mass is 9.74. The largest absolute Gasteiger partial charge is 0.493 e. The van der Waals surface area contributed by atoms with Crippen molar-refractivity contribution in [3.8, 4) is 17.6 Å². The number of methoxy groups -OCH3 is 2. The smallest absolute Gasteiger partial charge is 0.200 e. The van der Waals surface area contributed by atoms with Crippen molar-refractivity contribution in [3.05, 3.63) is 63.7 Å². The van der Waals surface area contributed by atoms with Gasteiger partial charge in [0.2, 0.25) is 5.88 Å². The molecule has 3 heterocycles. The molecule has 8 nitrogen and oxygen atoms in total. The van der Waals surface area contributed by atoms with Gasteiger partial charge in [-0.05, 0) is 29.3 Å². The Balaban J connectivity index is 1.88. The van der Waals surface area contributed by atoms with E-state index < -0.39 is 6.23 Å². The highest BCUT2D eigenvalue weighted by Crippen LogP contribution is 2.50. The number of fused-ring (bicyclic) bond motifs is 1. The fraction of sp³-hybridized carbons (Fsp3) is 0.300. The minimum absolute atomic E-state index is 0.113. The fourth-order valence-corrected chi connectivity index (χ4v) is 4.59. The van der Waals surface area contributed by atoms with E-state index in [1.54, 1.807) is 26.6 Å². The first-order valence-corrected chi connectivity index (χ1v) is 9.77. The molecule has 1 saturated heterocycles. The monoisotopic (exact) mass is 457 g/mol. The van der Waals surface area contributed by atoms with Crippen LogP contribution in [0.5, 0.6) is 11.5 Å². The van der Waals surface area contributed by atoms with Crippen LogP contribution in [0.4, 0.5) is 0 Å². The molecular formula is C20H20BrN5O3. The molecule has 1 fully saturated rings. The van der Waals surface area contributed by atoms with Crippen molar-refractivity contribution < 1.29 is 14.2 Å². The van der Waals surface area contributed by atoms with E-state index in [0.717, 1.165) is 15.6 Å². The third kappa shape index (κ3) is 3.29. The molecule has 29 heavy (non-hydrogen) atoms. The average Bonchev–Trinajstić information content (AvgIpc) is 3.16. The molecule has 4 rings (SSSR count). The number of nitrogens with two attached hydrogens (primary N) is 1. The van der Waals surface area contributed by atoms with Crippen molar-refractivity contribution >= 4 is 15.9 Å². The number of allylic oxidation sites excluding steroid dienone is 1. The zero-order valence-corrected chi connectivity index (χ0v) is 17.4. The van der Waals surface area contributed by atoms with Gasteiger partial charge in [0.25, 0.3) is 0 Å². The van der Waals surface area contributed by atoms with E-state index in [1.807, 2.05) is 24.3 Å². The Bertz CT molecular complexity index is 992. The second-order valence-corrected chi connectivity index (χ2v) is 7.62. The highest BCUT2D eigenvalue weighted by molar-refractivity contribution is 9.10. The first-order chi connectivity index (χ1) is 14.1.